The molecular formula is C16H17N5O6S. The zero-order valence-electron chi connectivity index (χ0n) is 14.3. The van der Waals surface area contributed by atoms with E-state index in [1.165, 1.54) is 36.5 Å². The number of aliphatic hydroxyl groups excluding tert-OH is 2. The molecule has 1 saturated heterocycles. The Bertz CT molecular complexity index is 1060. The zero-order valence-corrected chi connectivity index (χ0v) is 15.2. The smallest absolute Gasteiger partial charge is 0.351 e. The predicted molar refractivity (Wildman–Crippen MR) is 95.2 cm³/mol. The highest BCUT2D eigenvalue weighted by atomic mass is 32.2. The van der Waals surface area contributed by atoms with Crippen LogP contribution in [0, 0.1) is 11.3 Å². The third-order valence-corrected chi connectivity index (χ3v) is 5.67. The van der Waals surface area contributed by atoms with Gasteiger partial charge >= 0.3 is 5.69 Å². The Balaban J connectivity index is 1.72. The highest BCUT2D eigenvalue weighted by Crippen LogP contribution is 2.28. The van der Waals surface area contributed by atoms with Gasteiger partial charge in [-0.05, 0) is 30.3 Å². The molecule has 0 spiro atoms. The summed E-state index contributed by atoms with van der Waals surface area (Å²) in [5.74, 6) is -0.0130. The number of hydrogen-bond acceptors (Lipinski definition) is 9. The molecule has 1 aliphatic heterocycles. The predicted octanol–water partition coefficient (Wildman–Crippen LogP) is -1.71. The molecule has 3 rings (SSSR count). The number of benzene rings is 1. The zero-order chi connectivity index (χ0) is 20.5. The van der Waals surface area contributed by atoms with Crippen LogP contribution in [0.1, 0.15) is 11.8 Å². The number of nitrogen functional groups attached to an aromatic ring is 1. The van der Waals surface area contributed by atoms with Crippen molar-refractivity contribution in [3.05, 3.63) is 52.6 Å². The van der Waals surface area contributed by atoms with Gasteiger partial charge in [0.25, 0.3) is 0 Å². The second-order valence-corrected chi connectivity index (χ2v) is 7.84. The molecule has 4 atom stereocenters. The van der Waals surface area contributed by atoms with Gasteiger partial charge in [-0.1, -0.05) is 0 Å². The Morgan fingerprint density at radius 3 is 2.54 bits per heavy atom. The van der Waals surface area contributed by atoms with Crippen LogP contribution in [-0.4, -0.2) is 53.0 Å². The largest absolute Gasteiger partial charge is 0.387 e. The maximum atomic E-state index is 12.3. The average Bonchev–Trinajstić information content (AvgIpc) is 2.95. The minimum Gasteiger partial charge on any atom is -0.387 e. The summed E-state index contributed by atoms with van der Waals surface area (Å²) in [5.41, 5.74) is 4.94. The van der Waals surface area contributed by atoms with Gasteiger partial charge in [-0.25, -0.2) is 17.9 Å². The lowest BCUT2D eigenvalue weighted by Crippen LogP contribution is -2.40. The van der Waals surface area contributed by atoms with Crippen LogP contribution in [0.4, 0.5) is 5.82 Å². The number of ether oxygens (including phenoxy) is 1. The number of aliphatic hydroxyl groups is 2. The van der Waals surface area contributed by atoms with E-state index in [0.717, 1.165) is 4.57 Å². The van der Waals surface area contributed by atoms with E-state index in [1.807, 2.05) is 6.07 Å². The van der Waals surface area contributed by atoms with Gasteiger partial charge < -0.3 is 20.7 Å². The Kier molecular flexibility index (Phi) is 5.45. The van der Waals surface area contributed by atoms with Gasteiger partial charge in [0.05, 0.1) is 16.5 Å². The minimum absolute atomic E-state index is 0.0130. The average molecular weight is 407 g/mol. The summed E-state index contributed by atoms with van der Waals surface area (Å²) in [6.07, 6.45) is -4.03. The number of nitriles is 1. The molecule has 2 heterocycles. The molecule has 1 aliphatic rings. The second kappa shape index (κ2) is 7.66. The molecule has 0 amide bonds. The summed E-state index contributed by atoms with van der Waals surface area (Å²) in [6.45, 7) is -0.353. The summed E-state index contributed by atoms with van der Waals surface area (Å²) >= 11 is 0. The number of nitrogens with zero attached hydrogens (tertiary/aromatic N) is 3. The SMILES string of the molecule is N#Cc1ccc(S(=O)(=O)NC[C@H]2O[C@@H](n3ccc(N)nc3=O)[C@H](O)[C@@H]2O)cc1. The molecule has 5 N–H and O–H groups in total. The number of hydrogen-bond donors (Lipinski definition) is 4. The highest BCUT2D eigenvalue weighted by Gasteiger charge is 2.44. The van der Waals surface area contributed by atoms with Crippen molar-refractivity contribution in [3.8, 4) is 6.07 Å². The number of nitrogens with one attached hydrogen (secondary N) is 1. The molecule has 11 nitrogen and oxygen atoms in total. The first-order valence-corrected chi connectivity index (χ1v) is 9.57. The van der Waals surface area contributed by atoms with E-state index in [2.05, 4.69) is 9.71 Å². The monoisotopic (exact) mass is 407 g/mol. The molecule has 148 valence electrons. The van der Waals surface area contributed by atoms with Crippen molar-refractivity contribution in [2.24, 2.45) is 0 Å². The summed E-state index contributed by atoms with van der Waals surface area (Å²) < 4.78 is 33.4. The molecule has 1 aromatic carbocycles. The van der Waals surface area contributed by atoms with Gasteiger partial charge in [0.2, 0.25) is 10.0 Å². The van der Waals surface area contributed by atoms with Crippen LogP contribution < -0.4 is 16.1 Å². The van der Waals surface area contributed by atoms with E-state index in [0.29, 0.717) is 5.56 Å². The van der Waals surface area contributed by atoms with Crippen LogP contribution >= 0.6 is 0 Å². The van der Waals surface area contributed by atoms with Crippen LogP contribution in [0.5, 0.6) is 0 Å². The normalized spacial score (nSPS) is 24.8. The summed E-state index contributed by atoms with van der Waals surface area (Å²) in [5, 5.41) is 29.1. The first-order chi connectivity index (χ1) is 13.2. The van der Waals surface area contributed by atoms with Crippen molar-refractivity contribution in [1.82, 2.24) is 14.3 Å². The number of anilines is 1. The van der Waals surface area contributed by atoms with Gasteiger partial charge in [-0.2, -0.15) is 10.2 Å². The van der Waals surface area contributed by atoms with Crippen LogP contribution in [0.15, 0.2) is 46.2 Å². The summed E-state index contributed by atoms with van der Waals surface area (Å²) in [4.78, 5) is 15.4. The second-order valence-electron chi connectivity index (χ2n) is 6.08. The minimum atomic E-state index is -3.94. The maximum absolute atomic E-state index is 12.3. The van der Waals surface area contributed by atoms with Crippen LogP contribution in [0.3, 0.4) is 0 Å². The fourth-order valence-electron chi connectivity index (χ4n) is 2.73. The lowest BCUT2D eigenvalue weighted by atomic mass is 10.1. The Morgan fingerprint density at radius 2 is 1.93 bits per heavy atom. The lowest BCUT2D eigenvalue weighted by Gasteiger charge is -2.17. The van der Waals surface area contributed by atoms with Crippen molar-refractivity contribution < 1.29 is 23.4 Å². The van der Waals surface area contributed by atoms with Gasteiger partial charge in [0.15, 0.2) is 6.23 Å². The van der Waals surface area contributed by atoms with Crippen LogP contribution in [-0.2, 0) is 14.8 Å². The third kappa shape index (κ3) is 3.88. The molecule has 0 saturated carbocycles. The molecule has 12 heteroatoms. The highest BCUT2D eigenvalue weighted by molar-refractivity contribution is 7.89. The van der Waals surface area contributed by atoms with E-state index in [9.17, 15) is 23.4 Å². The molecule has 2 aromatic rings. The van der Waals surface area contributed by atoms with E-state index >= 15 is 0 Å². The summed E-state index contributed by atoms with van der Waals surface area (Å²) in [7, 11) is -3.94. The Morgan fingerprint density at radius 1 is 1.25 bits per heavy atom. The Labute approximate surface area is 159 Å². The number of sulfonamides is 1. The molecule has 0 bridgehead atoms. The first kappa shape index (κ1) is 19.9. The van der Waals surface area contributed by atoms with Crippen molar-refractivity contribution >= 4 is 15.8 Å². The molecule has 28 heavy (non-hydrogen) atoms. The fraction of sp³-hybridized carbons (Fsp3) is 0.312. The van der Waals surface area contributed by atoms with Crippen LogP contribution in [0.25, 0.3) is 0 Å². The van der Waals surface area contributed by atoms with E-state index in [-0.39, 0.29) is 17.3 Å². The van der Waals surface area contributed by atoms with Crippen molar-refractivity contribution in [3.63, 3.8) is 0 Å². The summed E-state index contributed by atoms with van der Waals surface area (Å²) in [6, 6.07) is 8.46. The van der Waals surface area contributed by atoms with Gasteiger partial charge in [-0.15, -0.1) is 0 Å². The van der Waals surface area contributed by atoms with Crippen molar-refractivity contribution in [1.29, 1.82) is 5.26 Å². The van der Waals surface area contributed by atoms with E-state index in [1.54, 1.807) is 0 Å². The molecule has 1 fully saturated rings. The van der Waals surface area contributed by atoms with Gasteiger partial charge in [0.1, 0.15) is 24.1 Å². The quantitative estimate of drug-likeness (QED) is 0.449. The maximum Gasteiger partial charge on any atom is 0.351 e. The number of nitrogens with two attached hydrogens (primary N) is 1. The van der Waals surface area contributed by atoms with Crippen LogP contribution in [0.2, 0.25) is 0 Å². The fourth-order valence-corrected chi connectivity index (χ4v) is 3.78. The van der Waals surface area contributed by atoms with Gasteiger partial charge in [-0.3, -0.25) is 4.57 Å². The molecule has 0 radical (unpaired) electrons. The topological polar surface area (TPSA) is 181 Å². The molecular weight excluding hydrogens is 390 g/mol. The van der Waals surface area contributed by atoms with Crippen molar-refractivity contribution in [2.45, 2.75) is 29.4 Å². The van der Waals surface area contributed by atoms with E-state index in [4.69, 9.17) is 15.7 Å². The van der Waals surface area contributed by atoms with Gasteiger partial charge in [0, 0.05) is 12.7 Å². The first-order valence-electron chi connectivity index (χ1n) is 8.09. The molecule has 1 aromatic heterocycles. The number of aromatic nitrogens is 2. The van der Waals surface area contributed by atoms with E-state index < -0.39 is 40.3 Å². The standard InChI is InChI=1S/C16H17N5O6S/c17-7-9-1-3-10(4-2-9)28(25,26)19-8-11-13(22)14(23)15(27-11)21-6-5-12(18)20-16(21)24/h1-6,11,13-15,19,22-23H,8H2,(H2,18,20,24)/t11-,13-,14-,15-/m1/s1. The van der Waals surface area contributed by atoms with Crippen molar-refractivity contribution in [2.75, 3.05) is 12.3 Å². The molecule has 0 aliphatic carbocycles. The third-order valence-electron chi connectivity index (χ3n) is 4.23. The Hall–Kier alpha value is -2.82. The lowest BCUT2D eigenvalue weighted by molar-refractivity contribution is -0.0379. The number of rotatable bonds is 5. The molecule has 0 unspecified atom stereocenters.